The standard InChI is InChI=1S/C13H14F3N2O/c1-17-2-4-18(5-3-17)12-7-10(9-19)6-11(8-12)13(14,15)16/h6-8H,2-5H2,1H3. The lowest BCUT2D eigenvalue weighted by molar-refractivity contribution is -0.137. The average molecular weight is 271 g/mol. The molecule has 1 aromatic rings. The van der Waals surface area contributed by atoms with Gasteiger partial charge < -0.3 is 9.80 Å². The molecule has 1 fully saturated rings. The summed E-state index contributed by atoms with van der Waals surface area (Å²) in [6, 6.07) is 3.37. The summed E-state index contributed by atoms with van der Waals surface area (Å²) in [5, 5.41) is 0. The van der Waals surface area contributed by atoms with Crippen LogP contribution in [0.3, 0.4) is 0 Å². The van der Waals surface area contributed by atoms with Crippen molar-refractivity contribution in [3.63, 3.8) is 0 Å². The number of anilines is 1. The molecule has 0 bridgehead atoms. The highest BCUT2D eigenvalue weighted by Crippen LogP contribution is 2.32. The summed E-state index contributed by atoms with van der Waals surface area (Å²) in [6.07, 6.45) is -2.91. The molecule has 103 valence electrons. The van der Waals surface area contributed by atoms with Crippen molar-refractivity contribution in [3.8, 4) is 0 Å². The average Bonchev–Trinajstić information content (AvgIpc) is 2.38. The summed E-state index contributed by atoms with van der Waals surface area (Å²) < 4.78 is 38.3. The van der Waals surface area contributed by atoms with Crippen LogP contribution in [0.5, 0.6) is 0 Å². The van der Waals surface area contributed by atoms with E-state index in [-0.39, 0.29) is 5.56 Å². The highest BCUT2D eigenvalue weighted by Gasteiger charge is 2.32. The van der Waals surface area contributed by atoms with Crippen molar-refractivity contribution in [1.29, 1.82) is 0 Å². The normalized spacial score (nSPS) is 17.6. The fourth-order valence-corrected chi connectivity index (χ4v) is 2.08. The molecule has 1 saturated heterocycles. The fourth-order valence-electron chi connectivity index (χ4n) is 2.08. The summed E-state index contributed by atoms with van der Waals surface area (Å²) in [4.78, 5) is 14.6. The lowest BCUT2D eigenvalue weighted by Crippen LogP contribution is -2.44. The van der Waals surface area contributed by atoms with Gasteiger partial charge in [-0.2, -0.15) is 13.2 Å². The summed E-state index contributed by atoms with van der Waals surface area (Å²) in [7, 11) is 1.97. The number of alkyl halides is 3. The van der Waals surface area contributed by atoms with Crippen molar-refractivity contribution in [2.75, 3.05) is 38.1 Å². The lowest BCUT2D eigenvalue weighted by Gasteiger charge is -2.34. The van der Waals surface area contributed by atoms with Gasteiger partial charge in [0, 0.05) is 37.4 Å². The smallest absolute Gasteiger partial charge is 0.369 e. The molecule has 0 spiro atoms. The van der Waals surface area contributed by atoms with Crippen LogP contribution >= 0.6 is 0 Å². The van der Waals surface area contributed by atoms with E-state index in [4.69, 9.17) is 0 Å². The van der Waals surface area contributed by atoms with E-state index >= 15 is 0 Å². The number of likely N-dealkylation sites (N-methyl/N-ethyl adjacent to an activating group) is 1. The summed E-state index contributed by atoms with van der Waals surface area (Å²) in [5.74, 6) is 0. The molecule has 0 saturated carbocycles. The van der Waals surface area contributed by atoms with Gasteiger partial charge in [0.2, 0.25) is 6.29 Å². The van der Waals surface area contributed by atoms with Gasteiger partial charge in [0.15, 0.2) is 0 Å². The molecule has 1 aliphatic heterocycles. The number of carbonyl (C=O) groups excluding carboxylic acids is 1. The number of halogens is 3. The zero-order valence-electron chi connectivity index (χ0n) is 10.5. The summed E-state index contributed by atoms with van der Waals surface area (Å²) in [6.45, 7) is 2.87. The van der Waals surface area contributed by atoms with Crippen molar-refractivity contribution < 1.29 is 18.0 Å². The maximum atomic E-state index is 12.8. The van der Waals surface area contributed by atoms with Crippen molar-refractivity contribution in [2.24, 2.45) is 0 Å². The third kappa shape index (κ3) is 3.26. The number of rotatable bonds is 2. The summed E-state index contributed by atoms with van der Waals surface area (Å²) >= 11 is 0. The molecule has 6 heteroatoms. The van der Waals surface area contributed by atoms with Crippen LogP contribution in [-0.4, -0.2) is 44.4 Å². The highest BCUT2D eigenvalue weighted by atomic mass is 19.4. The predicted octanol–water partition coefficient (Wildman–Crippen LogP) is 1.92. The molecule has 19 heavy (non-hydrogen) atoms. The quantitative estimate of drug-likeness (QED) is 0.821. The number of nitrogens with zero attached hydrogens (tertiary/aromatic N) is 2. The van der Waals surface area contributed by atoms with E-state index in [0.29, 0.717) is 18.8 Å². The maximum Gasteiger partial charge on any atom is 0.416 e. The summed E-state index contributed by atoms with van der Waals surface area (Å²) in [5.41, 5.74) is -0.438. The van der Waals surface area contributed by atoms with E-state index in [1.807, 2.05) is 11.9 Å². The Balaban J connectivity index is 2.32. The van der Waals surface area contributed by atoms with Gasteiger partial charge in [-0.1, -0.05) is 0 Å². The highest BCUT2D eigenvalue weighted by molar-refractivity contribution is 5.78. The number of hydrogen-bond donors (Lipinski definition) is 0. The Bertz CT molecular complexity index is 465. The minimum absolute atomic E-state index is 0.0660. The third-order valence-corrected chi connectivity index (χ3v) is 3.23. The second-order valence-electron chi connectivity index (χ2n) is 4.66. The van der Waals surface area contributed by atoms with Crippen LogP contribution < -0.4 is 4.90 Å². The van der Waals surface area contributed by atoms with Crippen LogP contribution in [-0.2, 0) is 11.0 Å². The van der Waals surface area contributed by atoms with Crippen molar-refractivity contribution >= 4 is 12.0 Å². The first-order valence-corrected chi connectivity index (χ1v) is 5.94. The molecule has 0 N–H and O–H groups in total. The molecule has 2 rings (SSSR count). The van der Waals surface area contributed by atoms with Crippen LogP contribution in [0.2, 0.25) is 0 Å². The van der Waals surface area contributed by atoms with Crippen molar-refractivity contribution in [3.05, 3.63) is 29.3 Å². The molecule has 1 aromatic carbocycles. The van der Waals surface area contributed by atoms with Gasteiger partial charge in [-0.05, 0) is 25.2 Å². The Morgan fingerprint density at radius 2 is 1.74 bits per heavy atom. The molecule has 0 aromatic heterocycles. The minimum Gasteiger partial charge on any atom is -0.369 e. The predicted molar refractivity (Wildman–Crippen MR) is 65.9 cm³/mol. The first-order valence-electron chi connectivity index (χ1n) is 5.94. The zero-order chi connectivity index (χ0) is 14.0. The van der Waals surface area contributed by atoms with Crippen LogP contribution in [0, 0.1) is 0 Å². The van der Waals surface area contributed by atoms with E-state index in [2.05, 4.69) is 4.90 Å². The maximum absolute atomic E-state index is 12.8. The minimum atomic E-state index is -4.45. The van der Waals surface area contributed by atoms with E-state index < -0.39 is 11.7 Å². The van der Waals surface area contributed by atoms with Crippen LogP contribution in [0.15, 0.2) is 18.2 Å². The molecule has 1 radical (unpaired) electrons. The Morgan fingerprint density at radius 1 is 1.11 bits per heavy atom. The first-order chi connectivity index (χ1) is 8.90. The van der Waals surface area contributed by atoms with Crippen molar-refractivity contribution in [1.82, 2.24) is 4.90 Å². The van der Waals surface area contributed by atoms with Gasteiger partial charge >= 0.3 is 6.18 Å². The van der Waals surface area contributed by atoms with Gasteiger partial charge in [0.05, 0.1) is 5.56 Å². The Kier molecular flexibility index (Phi) is 3.80. The number of benzene rings is 1. The lowest BCUT2D eigenvalue weighted by atomic mass is 10.1. The molecule has 0 amide bonds. The SMILES string of the molecule is CN1CCN(c2cc([C]=O)cc(C(F)(F)F)c2)CC1. The second kappa shape index (κ2) is 5.21. The Morgan fingerprint density at radius 3 is 2.26 bits per heavy atom. The van der Waals surface area contributed by atoms with E-state index in [9.17, 15) is 18.0 Å². The molecule has 0 unspecified atom stereocenters. The van der Waals surface area contributed by atoms with Gasteiger partial charge in [-0.15, -0.1) is 0 Å². The molecule has 3 nitrogen and oxygen atoms in total. The zero-order valence-corrected chi connectivity index (χ0v) is 10.5. The Hall–Kier alpha value is -1.56. The Labute approximate surface area is 109 Å². The van der Waals surface area contributed by atoms with E-state index in [0.717, 1.165) is 25.2 Å². The fraction of sp³-hybridized carbons (Fsp3) is 0.462. The monoisotopic (exact) mass is 271 g/mol. The van der Waals surface area contributed by atoms with Gasteiger partial charge in [0.25, 0.3) is 0 Å². The molecule has 1 aliphatic rings. The van der Waals surface area contributed by atoms with Crippen molar-refractivity contribution in [2.45, 2.75) is 6.18 Å². The van der Waals surface area contributed by atoms with Gasteiger partial charge in [0.1, 0.15) is 0 Å². The molecular formula is C13H14F3N2O. The molecular weight excluding hydrogens is 257 g/mol. The van der Waals surface area contributed by atoms with E-state index in [1.54, 1.807) is 6.29 Å². The largest absolute Gasteiger partial charge is 0.416 e. The van der Waals surface area contributed by atoms with Gasteiger partial charge in [-0.25, -0.2) is 0 Å². The number of hydrogen-bond acceptors (Lipinski definition) is 3. The first kappa shape index (κ1) is 13.9. The third-order valence-electron chi connectivity index (χ3n) is 3.23. The number of piperazine rings is 1. The molecule has 1 heterocycles. The van der Waals surface area contributed by atoms with Gasteiger partial charge in [-0.3, -0.25) is 4.79 Å². The molecule has 0 aliphatic carbocycles. The topological polar surface area (TPSA) is 23.6 Å². The van der Waals surface area contributed by atoms with Crippen LogP contribution in [0.1, 0.15) is 11.1 Å². The second-order valence-corrected chi connectivity index (χ2v) is 4.66. The van der Waals surface area contributed by atoms with Crippen LogP contribution in [0.25, 0.3) is 0 Å². The molecule has 0 atom stereocenters. The van der Waals surface area contributed by atoms with Crippen LogP contribution in [0.4, 0.5) is 18.9 Å². The van der Waals surface area contributed by atoms with E-state index in [1.165, 1.54) is 6.07 Å².